The van der Waals surface area contributed by atoms with E-state index in [1.165, 1.54) is 6.92 Å². The third-order valence-electron chi connectivity index (χ3n) is 7.25. The Morgan fingerprint density at radius 1 is 0.689 bits per heavy atom. The summed E-state index contributed by atoms with van der Waals surface area (Å²) in [6.07, 6.45) is 0. The first-order valence-electron chi connectivity index (χ1n) is 14.3. The Morgan fingerprint density at radius 3 is 1.78 bits per heavy atom. The van der Waals surface area contributed by atoms with E-state index in [9.17, 15) is 9.90 Å². The maximum Gasteiger partial charge on any atom is 0.221 e. The van der Waals surface area contributed by atoms with Crippen LogP contribution in [0, 0.1) is 0 Å². The number of anilines is 1. The predicted molar refractivity (Wildman–Crippen MR) is 175 cm³/mol. The van der Waals surface area contributed by atoms with E-state index in [0.717, 1.165) is 39.7 Å². The topological polar surface area (TPSA) is 94.8 Å². The van der Waals surface area contributed by atoms with Crippen molar-refractivity contribution in [3.8, 4) is 68.3 Å². The lowest BCUT2D eigenvalue weighted by molar-refractivity contribution is -0.114. The number of methoxy groups -OCH3 is 2. The van der Waals surface area contributed by atoms with Crippen molar-refractivity contribution in [2.75, 3.05) is 19.5 Å². The molecular formula is C37H31N3O5. The number of carbonyl (C=O) groups excluding carboxylic acids is 1. The van der Waals surface area contributed by atoms with Gasteiger partial charge in [-0.3, -0.25) is 9.36 Å². The van der Waals surface area contributed by atoms with Crippen LogP contribution < -0.4 is 19.5 Å². The second-order valence-corrected chi connectivity index (χ2v) is 10.2. The third kappa shape index (κ3) is 6.21. The van der Waals surface area contributed by atoms with Crippen LogP contribution in [0.4, 0.5) is 5.69 Å². The summed E-state index contributed by atoms with van der Waals surface area (Å²) in [4.78, 5) is 16.5. The van der Waals surface area contributed by atoms with E-state index in [-0.39, 0.29) is 11.7 Å². The number of aromatic hydroxyl groups is 1. The van der Waals surface area contributed by atoms with Crippen molar-refractivity contribution < 1.29 is 24.1 Å². The van der Waals surface area contributed by atoms with Crippen molar-refractivity contribution in [3.05, 3.63) is 121 Å². The van der Waals surface area contributed by atoms with Gasteiger partial charge in [-0.05, 0) is 109 Å². The van der Waals surface area contributed by atoms with Crippen LogP contribution in [-0.2, 0) is 4.79 Å². The normalized spacial score (nSPS) is 10.7. The minimum Gasteiger partial charge on any atom is -0.507 e. The molecule has 8 nitrogen and oxygen atoms in total. The average molecular weight is 598 g/mol. The van der Waals surface area contributed by atoms with Gasteiger partial charge >= 0.3 is 0 Å². The molecule has 0 spiro atoms. The lowest BCUT2D eigenvalue weighted by Crippen LogP contribution is -2.05. The molecule has 0 atom stereocenters. The summed E-state index contributed by atoms with van der Waals surface area (Å²) in [5.41, 5.74) is 5.48. The number of hydrogen-bond donors (Lipinski definition) is 2. The van der Waals surface area contributed by atoms with Gasteiger partial charge < -0.3 is 24.6 Å². The van der Waals surface area contributed by atoms with E-state index in [4.69, 9.17) is 19.2 Å². The fourth-order valence-corrected chi connectivity index (χ4v) is 5.09. The van der Waals surface area contributed by atoms with Crippen molar-refractivity contribution in [1.29, 1.82) is 0 Å². The van der Waals surface area contributed by atoms with Gasteiger partial charge in [-0.25, -0.2) is 4.98 Å². The number of rotatable bonds is 9. The van der Waals surface area contributed by atoms with Crippen molar-refractivity contribution in [1.82, 2.24) is 9.55 Å². The summed E-state index contributed by atoms with van der Waals surface area (Å²) in [5, 5.41) is 13.7. The molecule has 0 aliphatic heterocycles. The molecule has 1 aromatic heterocycles. The lowest BCUT2D eigenvalue weighted by Gasteiger charge is -2.15. The second kappa shape index (κ2) is 12.7. The Morgan fingerprint density at radius 2 is 1.22 bits per heavy atom. The van der Waals surface area contributed by atoms with Crippen LogP contribution in [0.25, 0.3) is 39.6 Å². The number of nitrogens with zero attached hydrogens (tertiary/aromatic N) is 2. The van der Waals surface area contributed by atoms with Gasteiger partial charge in [-0.15, -0.1) is 0 Å². The number of carbonyl (C=O) groups is 1. The zero-order chi connectivity index (χ0) is 31.3. The van der Waals surface area contributed by atoms with Crippen LogP contribution in [0.3, 0.4) is 0 Å². The van der Waals surface area contributed by atoms with Crippen LogP contribution in [0.15, 0.2) is 121 Å². The number of hydrogen-bond acceptors (Lipinski definition) is 6. The number of phenols is 1. The van der Waals surface area contributed by atoms with Gasteiger partial charge in [0.2, 0.25) is 5.91 Å². The van der Waals surface area contributed by atoms with E-state index >= 15 is 0 Å². The molecule has 6 aromatic rings. The molecule has 8 heteroatoms. The lowest BCUT2D eigenvalue weighted by atomic mass is 10.0. The number of amides is 1. The molecule has 0 aliphatic rings. The maximum atomic E-state index is 11.3. The van der Waals surface area contributed by atoms with Crippen LogP contribution in [0.2, 0.25) is 0 Å². The van der Waals surface area contributed by atoms with Crippen LogP contribution in [0.5, 0.6) is 28.7 Å². The van der Waals surface area contributed by atoms with Gasteiger partial charge in [0.15, 0.2) is 0 Å². The zero-order valence-corrected chi connectivity index (χ0v) is 25.0. The quantitative estimate of drug-likeness (QED) is 0.174. The Labute approximate surface area is 261 Å². The Hall–Kier alpha value is -6.02. The van der Waals surface area contributed by atoms with Crippen molar-refractivity contribution in [2.24, 2.45) is 0 Å². The first-order valence-corrected chi connectivity index (χ1v) is 14.3. The molecule has 224 valence electrons. The Balaban J connectivity index is 1.49. The van der Waals surface area contributed by atoms with E-state index in [1.807, 2.05) is 89.5 Å². The Kier molecular flexibility index (Phi) is 8.20. The highest BCUT2D eigenvalue weighted by molar-refractivity contribution is 5.88. The number of imidazole rings is 1. The monoisotopic (exact) mass is 597 g/mol. The molecule has 2 N–H and O–H groups in total. The zero-order valence-electron chi connectivity index (χ0n) is 25.0. The highest BCUT2D eigenvalue weighted by Crippen LogP contribution is 2.41. The minimum atomic E-state index is -0.133. The van der Waals surface area contributed by atoms with Crippen LogP contribution in [-0.4, -0.2) is 34.8 Å². The largest absolute Gasteiger partial charge is 0.507 e. The molecule has 0 saturated heterocycles. The van der Waals surface area contributed by atoms with Gasteiger partial charge in [-0.1, -0.05) is 12.1 Å². The van der Waals surface area contributed by atoms with Crippen molar-refractivity contribution >= 4 is 11.6 Å². The van der Waals surface area contributed by atoms with E-state index in [1.54, 1.807) is 50.6 Å². The van der Waals surface area contributed by atoms with Gasteiger partial charge in [0.05, 0.1) is 31.2 Å². The molecule has 0 radical (unpaired) electrons. The molecule has 0 saturated carbocycles. The standard InChI is InChI=1S/C37H31N3O5/c1-24(41)38-27-12-20-31(21-13-27)45-32-22-14-28(15-23-32)40-36(26-10-18-30(44-3)19-11-26)35(25-8-16-29(43-2)17-9-25)39-37(40)33-6-4-5-7-34(33)42/h4-23,42H,1-3H3,(H,38,41). The summed E-state index contributed by atoms with van der Waals surface area (Å²) in [6, 6.07) is 37.6. The summed E-state index contributed by atoms with van der Waals surface area (Å²) in [6.45, 7) is 1.47. The van der Waals surface area contributed by atoms with Crippen LogP contribution in [0.1, 0.15) is 6.92 Å². The molecule has 45 heavy (non-hydrogen) atoms. The molecule has 0 unspecified atom stereocenters. The number of benzene rings is 5. The average Bonchev–Trinajstić information content (AvgIpc) is 3.46. The van der Waals surface area contributed by atoms with Gasteiger partial charge in [0.1, 0.15) is 34.6 Å². The second-order valence-electron chi connectivity index (χ2n) is 10.2. The van der Waals surface area contributed by atoms with E-state index in [2.05, 4.69) is 5.32 Å². The SMILES string of the molecule is COc1ccc(-c2nc(-c3ccccc3O)n(-c3ccc(Oc4ccc(NC(C)=O)cc4)cc3)c2-c2ccc(OC)cc2)cc1. The number of phenolic OH excluding ortho intramolecular Hbond substituents is 1. The third-order valence-corrected chi connectivity index (χ3v) is 7.25. The van der Waals surface area contributed by atoms with E-state index in [0.29, 0.717) is 28.6 Å². The molecule has 1 heterocycles. The molecule has 5 aromatic carbocycles. The van der Waals surface area contributed by atoms with Gasteiger partial charge in [0.25, 0.3) is 0 Å². The summed E-state index contributed by atoms with van der Waals surface area (Å²) in [7, 11) is 3.27. The van der Waals surface area contributed by atoms with Crippen LogP contribution >= 0.6 is 0 Å². The summed E-state index contributed by atoms with van der Waals surface area (Å²) in [5.74, 6) is 3.31. The van der Waals surface area contributed by atoms with Crippen molar-refractivity contribution in [3.63, 3.8) is 0 Å². The molecule has 6 rings (SSSR count). The first-order chi connectivity index (χ1) is 21.9. The molecule has 0 bridgehead atoms. The van der Waals surface area contributed by atoms with Gasteiger partial charge in [-0.2, -0.15) is 0 Å². The molecule has 1 amide bonds. The van der Waals surface area contributed by atoms with E-state index < -0.39 is 0 Å². The fraction of sp³-hybridized carbons (Fsp3) is 0.0811. The highest BCUT2D eigenvalue weighted by atomic mass is 16.5. The predicted octanol–water partition coefficient (Wildman–Crippen LogP) is 8.35. The highest BCUT2D eigenvalue weighted by Gasteiger charge is 2.24. The van der Waals surface area contributed by atoms with Crippen molar-refractivity contribution in [2.45, 2.75) is 6.92 Å². The molecule has 0 aliphatic carbocycles. The number of ether oxygens (including phenoxy) is 3. The van der Waals surface area contributed by atoms with Gasteiger partial charge in [0, 0.05) is 29.4 Å². The molecular weight excluding hydrogens is 566 g/mol. The molecule has 0 fully saturated rings. The summed E-state index contributed by atoms with van der Waals surface area (Å²) >= 11 is 0. The number of nitrogens with one attached hydrogen (secondary N) is 1. The Bertz CT molecular complexity index is 1930. The summed E-state index contributed by atoms with van der Waals surface area (Å²) < 4.78 is 19.0. The maximum absolute atomic E-state index is 11.3. The number of aromatic nitrogens is 2. The fourth-order valence-electron chi connectivity index (χ4n) is 5.09. The smallest absolute Gasteiger partial charge is 0.221 e. The minimum absolute atomic E-state index is 0.119. The first kappa shape index (κ1) is 29.1. The number of para-hydroxylation sites is 1.